The average Bonchev–Trinajstić information content (AvgIpc) is 3.54. The standard InChI is InChI=1S/C26H36N6O5/c1-7-8-11-20(25(34)27-26(2,3)4)31(16-19-10-9-14-37-19)23(33)17-32-29-24(28-30-32)18-12-13-21(35-5)22(15-18)36-6/h9-10,12-15,20H,7-8,11,16-17H2,1-6H3,(H,27,34). The summed E-state index contributed by atoms with van der Waals surface area (Å²) >= 11 is 0. The molecule has 1 unspecified atom stereocenters. The minimum absolute atomic E-state index is 0.148. The van der Waals surface area contributed by atoms with Gasteiger partial charge in [0.15, 0.2) is 11.5 Å². The fourth-order valence-electron chi connectivity index (χ4n) is 3.83. The van der Waals surface area contributed by atoms with Crippen molar-refractivity contribution in [2.45, 2.75) is 71.6 Å². The summed E-state index contributed by atoms with van der Waals surface area (Å²) in [6.07, 6.45) is 3.74. The largest absolute Gasteiger partial charge is 0.493 e. The van der Waals surface area contributed by atoms with Crippen molar-refractivity contribution in [3.63, 3.8) is 0 Å². The van der Waals surface area contributed by atoms with Crippen molar-refractivity contribution < 1.29 is 23.5 Å². The second-order valence-electron chi connectivity index (χ2n) is 9.71. The first-order valence-electron chi connectivity index (χ1n) is 12.3. The van der Waals surface area contributed by atoms with Gasteiger partial charge in [-0.2, -0.15) is 4.80 Å². The summed E-state index contributed by atoms with van der Waals surface area (Å²) in [4.78, 5) is 29.6. The Bertz CT molecular complexity index is 1170. The van der Waals surface area contributed by atoms with E-state index >= 15 is 0 Å². The van der Waals surface area contributed by atoms with E-state index in [0.717, 1.165) is 12.8 Å². The minimum Gasteiger partial charge on any atom is -0.493 e. The summed E-state index contributed by atoms with van der Waals surface area (Å²) < 4.78 is 16.1. The van der Waals surface area contributed by atoms with Crippen LogP contribution in [0.2, 0.25) is 0 Å². The normalized spacial score (nSPS) is 12.2. The van der Waals surface area contributed by atoms with Crippen molar-refractivity contribution in [3.8, 4) is 22.9 Å². The Kier molecular flexibility index (Phi) is 9.26. The average molecular weight is 513 g/mol. The van der Waals surface area contributed by atoms with E-state index < -0.39 is 11.6 Å². The number of hydrogen-bond donors (Lipinski definition) is 1. The van der Waals surface area contributed by atoms with Gasteiger partial charge in [-0.3, -0.25) is 9.59 Å². The molecule has 11 heteroatoms. The number of unbranched alkanes of at least 4 members (excludes halogenated alkanes) is 1. The lowest BCUT2D eigenvalue weighted by Gasteiger charge is -2.33. The Hall–Kier alpha value is -3.89. The van der Waals surface area contributed by atoms with Crippen molar-refractivity contribution in [2.75, 3.05) is 14.2 Å². The second-order valence-corrected chi connectivity index (χ2v) is 9.71. The van der Waals surface area contributed by atoms with E-state index in [2.05, 4.69) is 20.7 Å². The summed E-state index contributed by atoms with van der Waals surface area (Å²) in [6.45, 7) is 7.74. The highest BCUT2D eigenvalue weighted by molar-refractivity contribution is 5.88. The molecule has 0 saturated heterocycles. The molecule has 3 rings (SSSR count). The monoisotopic (exact) mass is 512 g/mol. The van der Waals surface area contributed by atoms with Crippen LogP contribution in [0.25, 0.3) is 11.4 Å². The summed E-state index contributed by atoms with van der Waals surface area (Å²) in [5.41, 5.74) is 0.220. The maximum atomic E-state index is 13.6. The van der Waals surface area contributed by atoms with Gasteiger partial charge in [0.25, 0.3) is 0 Å². The summed E-state index contributed by atoms with van der Waals surface area (Å²) in [5, 5.41) is 15.6. The first kappa shape index (κ1) is 27.7. The van der Waals surface area contributed by atoms with Crippen LogP contribution >= 0.6 is 0 Å². The maximum Gasteiger partial charge on any atom is 0.247 e. The molecule has 0 spiro atoms. The van der Waals surface area contributed by atoms with Crippen LogP contribution in [0.5, 0.6) is 11.5 Å². The van der Waals surface area contributed by atoms with Crippen LogP contribution < -0.4 is 14.8 Å². The predicted molar refractivity (Wildman–Crippen MR) is 137 cm³/mol. The van der Waals surface area contributed by atoms with E-state index in [-0.39, 0.29) is 24.9 Å². The zero-order chi connectivity index (χ0) is 27.0. The molecule has 2 amide bonds. The molecule has 2 heterocycles. The van der Waals surface area contributed by atoms with Gasteiger partial charge in [-0.1, -0.05) is 19.8 Å². The van der Waals surface area contributed by atoms with Gasteiger partial charge in [-0.15, -0.1) is 10.2 Å². The van der Waals surface area contributed by atoms with E-state index in [0.29, 0.717) is 35.1 Å². The highest BCUT2D eigenvalue weighted by Gasteiger charge is 2.32. The SMILES string of the molecule is CCCCC(C(=O)NC(C)(C)C)N(Cc1ccco1)C(=O)Cn1nnc(-c2ccc(OC)c(OC)c2)n1. The summed E-state index contributed by atoms with van der Waals surface area (Å²) in [6, 6.07) is 8.13. The Morgan fingerprint density at radius 3 is 2.54 bits per heavy atom. The third-order valence-electron chi connectivity index (χ3n) is 5.61. The van der Waals surface area contributed by atoms with Gasteiger partial charge in [-0.25, -0.2) is 0 Å². The Balaban J connectivity index is 1.85. The van der Waals surface area contributed by atoms with Crippen LogP contribution in [0.15, 0.2) is 41.0 Å². The number of aromatic nitrogens is 4. The topological polar surface area (TPSA) is 125 Å². The molecular weight excluding hydrogens is 476 g/mol. The van der Waals surface area contributed by atoms with E-state index in [1.165, 1.54) is 9.70 Å². The van der Waals surface area contributed by atoms with Crippen molar-refractivity contribution >= 4 is 11.8 Å². The maximum absolute atomic E-state index is 13.6. The molecule has 0 aliphatic heterocycles. The van der Waals surface area contributed by atoms with E-state index in [1.54, 1.807) is 50.8 Å². The van der Waals surface area contributed by atoms with Crippen molar-refractivity contribution in [1.82, 2.24) is 30.4 Å². The van der Waals surface area contributed by atoms with E-state index in [1.807, 2.05) is 27.7 Å². The fourth-order valence-corrected chi connectivity index (χ4v) is 3.83. The van der Waals surface area contributed by atoms with Crippen molar-refractivity contribution in [1.29, 1.82) is 0 Å². The highest BCUT2D eigenvalue weighted by Crippen LogP contribution is 2.30. The molecule has 0 saturated carbocycles. The lowest BCUT2D eigenvalue weighted by atomic mass is 10.0. The van der Waals surface area contributed by atoms with Gasteiger partial charge in [0.05, 0.1) is 27.0 Å². The molecular formula is C26H36N6O5. The third kappa shape index (κ3) is 7.55. The summed E-state index contributed by atoms with van der Waals surface area (Å²) in [5.74, 6) is 1.49. The molecule has 11 nitrogen and oxygen atoms in total. The number of ether oxygens (including phenoxy) is 2. The van der Waals surface area contributed by atoms with Crippen LogP contribution in [0.3, 0.4) is 0 Å². The van der Waals surface area contributed by atoms with Gasteiger partial charge in [0, 0.05) is 11.1 Å². The lowest BCUT2D eigenvalue weighted by molar-refractivity contribution is -0.143. The zero-order valence-electron chi connectivity index (χ0n) is 22.4. The molecule has 0 fully saturated rings. The number of tetrazole rings is 1. The zero-order valence-corrected chi connectivity index (χ0v) is 22.4. The molecule has 0 aliphatic carbocycles. The van der Waals surface area contributed by atoms with Gasteiger partial charge >= 0.3 is 0 Å². The van der Waals surface area contributed by atoms with E-state index in [4.69, 9.17) is 13.9 Å². The van der Waals surface area contributed by atoms with Crippen LogP contribution in [0.4, 0.5) is 0 Å². The molecule has 1 atom stereocenters. The molecule has 0 aliphatic rings. The van der Waals surface area contributed by atoms with Gasteiger partial charge < -0.3 is 24.1 Å². The number of furan rings is 1. The minimum atomic E-state index is -0.675. The molecule has 3 aromatic rings. The number of nitrogens with zero attached hydrogens (tertiary/aromatic N) is 5. The lowest BCUT2D eigenvalue weighted by Crippen LogP contribution is -2.54. The first-order chi connectivity index (χ1) is 17.6. The molecule has 37 heavy (non-hydrogen) atoms. The number of carbonyl (C=O) groups is 2. The van der Waals surface area contributed by atoms with Crippen LogP contribution in [-0.4, -0.2) is 62.7 Å². The Labute approximate surface area is 217 Å². The molecule has 0 bridgehead atoms. The molecule has 200 valence electrons. The number of amides is 2. The smallest absolute Gasteiger partial charge is 0.247 e. The summed E-state index contributed by atoms with van der Waals surface area (Å²) in [7, 11) is 3.10. The number of methoxy groups -OCH3 is 2. The van der Waals surface area contributed by atoms with Crippen LogP contribution in [0, 0.1) is 0 Å². The predicted octanol–water partition coefficient (Wildman–Crippen LogP) is 3.45. The Morgan fingerprint density at radius 2 is 1.92 bits per heavy atom. The van der Waals surface area contributed by atoms with Gasteiger partial charge in [0.2, 0.25) is 17.6 Å². The molecule has 1 N–H and O–H groups in total. The van der Waals surface area contributed by atoms with Crippen LogP contribution in [-0.2, 0) is 22.7 Å². The number of rotatable bonds is 12. The number of nitrogens with one attached hydrogen (secondary N) is 1. The van der Waals surface area contributed by atoms with Crippen molar-refractivity contribution in [2.24, 2.45) is 0 Å². The number of hydrogen-bond acceptors (Lipinski definition) is 8. The van der Waals surface area contributed by atoms with Gasteiger partial charge in [0.1, 0.15) is 18.3 Å². The first-order valence-corrected chi connectivity index (χ1v) is 12.3. The Morgan fingerprint density at radius 1 is 1.16 bits per heavy atom. The second kappa shape index (κ2) is 12.4. The molecule has 2 aromatic heterocycles. The van der Waals surface area contributed by atoms with Gasteiger partial charge in [-0.05, 0) is 62.7 Å². The molecule has 1 aromatic carbocycles. The van der Waals surface area contributed by atoms with Crippen molar-refractivity contribution in [3.05, 3.63) is 42.4 Å². The van der Waals surface area contributed by atoms with E-state index in [9.17, 15) is 9.59 Å². The molecule has 0 radical (unpaired) electrons. The van der Waals surface area contributed by atoms with Crippen LogP contribution in [0.1, 0.15) is 52.7 Å². The fraction of sp³-hybridized carbons (Fsp3) is 0.500. The third-order valence-corrected chi connectivity index (χ3v) is 5.61. The number of benzene rings is 1. The number of carbonyl (C=O) groups excluding carboxylic acids is 2. The highest BCUT2D eigenvalue weighted by atomic mass is 16.5. The quantitative estimate of drug-likeness (QED) is 0.391.